The standard InChI is InChI=1S/C29H26ClN7O11S3.K.Na/c30-27-35-28(37-29(36-27)34-18-11-15(49(40,41)42)9-10-20(18)50(43,44)45)33-14-7-5-13(6-8-14)32-19-12-21(51(46,47)48)24(31)23-22(19)25(38)16-3-1-2-4-17(16)26(23)39;;/h1-4,9-14,32H,5-8,31H2,(H,40,41,42)(H,43,44,45)(H,46,47,48)(H2,33,34,35,36,37);;/q;2*+1. The fraction of sp³-hybridized carbons (Fsp3) is 0.207. The number of nitrogens with one attached hydrogen (secondary N) is 3. The zero-order valence-electron chi connectivity index (χ0n) is 27.7. The smallest absolute Gasteiger partial charge is 0.397 e. The van der Waals surface area contributed by atoms with Crippen molar-refractivity contribution in [3.8, 4) is 0 Å². The Labute approximate surface area is 372 Å². The molecular weight excluding hydrogens is 816 g/mol. The third kappa shape index (κ3) is 9.47. The van der Waals surface area contributed by atoms with Gasteiger partial charge in [-0.2, -0.15) is 40.2 Å². The summed E-state index contributed by atoms with van der Waals surface area (Å²) in [5.41, 5.74) is 4.78. The number of anilines is 5. The quantitative estimate of drug-likeness (QED) is 0.0448. The molecule has 8 N–H and O–H groups in total. The largest absolute Gasteiger partial charge is 1.00 e. The molecule has 1 heterocycles. The number of halogens is 1. The number of carbonyl (C=O) groups is 2. The van der Waals surface area contributed by atoms with Crippen LogP contribution in [0.25, 0.3) is 0 Å². The molecule has 0 aliphatic heterocycles. The Morgan fingerprint density at radius 1 is 0.679 bits per heavy atom. The van der Waals surface area contributed by atoms with Crippen LogP contribution in [0.5, 0.6) is 0 Å². The molecule has 4 aromatic rings. The summed E-state index contributed by atoms with van der Waals surface area (Å²) < 4.78 is 100. The number of nitrogens with two attached hydrogens (primary N) is 1. The number of carbonyl (C=O) groups excluding carboxylic acids is 2. The van der Waals surface area contributed by atoms with Crippen LogP contribution in [0.3, 0.4) is 0 Å². The van der Waals surface area contributed by atoms with Crippen LogP contribution in [-0.2, 0) is 30.4 Å². The van der Waals surface area contributed by atoms with Crippen LogP contribution in [0.15, 0.2) is 63.2 Å². The fourth-order valence-electron chi connectivity index (χ4n) is 5.99. The number of benzene rings is 3. The first-order chi connectivity index (χ1) is 23.8. The van der Waals surface area contributed by atoms with Gasteiger partial charge < -0.3 is 21.7 Å². The second kappa shape index (κ2) is 16.5. The molecule has 1 aromatic heterocycles. The second-order valence-electron chi connectivity index (χ2n) is 11.6. The summed E-state index contributed by atoms with van der Waals surface area (Å²) in [6, 6.07) is 8.75. The molecule has 1 fully saturated rings. The van der Waals surface area contributed by atoms with Crippen molar-refractivity contribution in [3.63, 3.8) is 0 Å². The summed E-state index contributed by atoms with van der Waals surface area (Å²) in [5, 5.41) is 8.37. The van der Waals surface area contributed by atoms with Crippen LogP contribution in [-0.4, -0.2) is 77.5 Å². The van der Waals surface area contributed by atoms with E-state index in [0.29, 0.717) is 25.7 Å². The minimum absolute atomic E-state index is 0. The van der Waals surface area contributed by atoms with Crippen LogP contribution in [0.4, 0.5) is 29.0 Å². The average Bonchev–Trinajstić information content (AvgIpc) is 3.03. The van der Waals surface area contributed by atoms with Crippen molar-refractivity contribution in [2.75, 3.05) is 21.7 Å². The van der Waals surface area contributed by atoms with E-state index in [2.05, 4.69) is 30.9 Å². The van der Waals surface area contributed by atoms with Gasteiger partial charge in [0.15, 0.2) is 11.6 Å². The molecule has 0 spiro atoms. The third-order valence-electron chi connectivity index (χ3n) is 8.28. The molecule has 6 rings (SSSR count). The van der Waals surface area contributed by atoms with Crippen LogP contribution in [0, 0.1) is 0 Å². The Bertz CT molecular complexity index is 2490. The Hall–Kier alpha value is -2.13. The number of aromatic nitrogens is 3. The van der Waals surface area contributed by atoms with E-state index >= 15 is 0 Å². The van der Waals surface area contributed by atoms with Gasteiger partial charge >= 0.3 is 80.9 Å². The van der Waals surface area contributed by atoms with Crippen molar-refractivity contribution in [1.82, 2.24) is 15.0 Å². The van der Waals surface area contributed by atoms with Crippen molar-refractivity contribution in [2.45, 2.75) is 52.5 Å². The van der Waals surface area contributed by atoms with Crippen molar-refractivity contribution in [3.05, 3.63) is 76.1 Å². The number of fused-ring (bicyclic) bond motifs is 2. The van der Waals surface area contributed by atoms with Crippen LogP contribution >= 0.6 is 11.6 Å². The molecule has 18 nitrogen and oxygen atoms in total. The maximum absolute atomic E-state index is 13.6. The van der Waals surface area contributed by atoms with Gasteiger partial charge in [-0.3, -0.25) is 23.2 Å². The first-order valence-corrected chi connectivity index (χ1v) is 19.4. The maximum Gasteiger partial charge on any atom is 1.00 e. The van der Waals surface area contributed by atoms with Crippen LogP contribution in [0.2, 0.25) is 5.28 Å². The van der Waals surface area contributed by atoms with E-state index in [1.165, 1.54) is 12.1 Å². The zero-order valence-corrected chi connectivity index (χ0v) is 36.1. The molecule has 0 bridgehead atoms. The molecule has 0 atom stereocenters. The molecule has 3 aromatic carbocycles. The maximum atomic E-state index is 13.6. The molecule has 0 unspecified atom stereocenters. The molecule has 2 aliphatic carbocycles. The summed E-state index contributed by atoms with van der Waals surface area (Å²) >= 11 is 6.07. The third-order valence-corrected chi connectivity index (χ3v) is 11.1. The van der Waals surface area contributed by atoms with Gasteiger partial charge in [0.05, 0.1) is 27.4 Å². The Morgan fingerprint density at radius 3 is 1.75 bits per heavy atom. The van der Waals surface area contributed by atoms with E-state index in [-0.39, 0.29) is 138 Å². The Morgan fingerprint density at radius 2 is 1.21 bits per heavy atom. The molecule has 53 heavy (non-hydrogen) atoms. The molecule has 24 heteroatoms. The van der Waals surface area contributed by atoms with Gasteiger partial charge in [0.25, 0.3) is 30.4 Å². The minimum atomic E-state index is -4.89. The number of hydrogen-bond donors (Lipinski definition) is 7. The summed E-state index contributed by atoms with van der Waals surface area (Å²) in [5.74, 6) is -1.60. The first-order valence-electron chi connectivity index (χ1n) is 14.7. The fourth-order valence-corrected chi connectivity index (χ4v) is 7.93. The predicted molar refractivity (Wildman–Crippen MR) is 181 cm³/mol. The molecular formula is C29H26ClKN7NaO11S3+2. The monoisotopic (exact) mass is 841 g/mol. The van der Waals surface area contributed by atoms with Crippen LogP contribution < -0.4 is 103 Å². The number of ketones is 2. The van der Waals surface area contributed by atoms with Gasteiger partial charge in [0.2, 0.25) is 17.2 Å². The Balaban J connectivity index is 0.00000314. The van der Waals surface area contributed by atoms with Gasteiger partial charge in [-0.05, 0) is 61.5 Å². The number of nitrogens with zero attached hydrogens (tertiary/aromatic N) is 3. The minimum Gasteiger partial charge on any atom is -0.397 e. The number of rotatable bonds is 9. The van der Waals surface area contributed by atoms with E-state index in [9.17, 15) is 48.5 Å². The van der Waals surface area contributed by atoms with E-state index < -0.39 is 68.0 Å². The van der Waals surface area contributed by atoms with Gasteiger partial charge in [0.1, 0.15) is 9.79 Å². The van der Waals surface area contributed by atoms with Gasteiger partial charge in [0, 0.05) is 28.9 Å². The molecule has 1 saturated carbocycles. The van der Waals surface area contributed by atoms with Crippen molar-refractivity contribution < 1.29 is 129 Å². The number of nitrogen functional groups attached to an aromatic ring is 1. The summed E-state index contributed by atoms with van der Waals surface area (Å²) in [4.78, 5) is 36.9. The van der Waals surface area contributed by atoms with E-state index in [1.807, 2.05) is 0 Å². The van der Waals surface area contributed by atoms with Crippen LogP contribution in [0.1, 0.15) is 57.5 Å². The Kier molecular flexibility index (Phi) is 13.6. The van der Waals surface area contributed by atoms with Crippen molar-refractivity contribution in [2.24, 2.45) is 0 Å². The summed E-state index contributed by atoms with van der Waals surface area (Å²) in [6.45, 7) is 0. The molecule has 0 radical (unpaired) electrons. The first kappa shape index (κ1) is 43.6. The second-order valence-corrected chi connectivity index (χ2v) is 16.1. The van der Waals surface area contributed by atoms with Gasteiger partial charge in [-0.15, -0.1) is 0 Å². The van der Waals surface area contributed by atoms with E-state index in [1.54, 1.807) is 12.1 Å². The van der Waals surface area contributed by atoms with Gasteiger partial charge in [-0.25, -0.2) is 0 Å². The zero-order chi connectivity index (χ0) is 37.0. The molecule has 0 amide bonds. The normalized spacial score (nSPS) is 17.1. The predicted octanol–water partition coefficient (Wildman–Crippen LogP) is -2.79. The van der Waals surface area contributed by atoms with Gasteiger partial charge in [-0.1, -0.05) is 24.3 Å². The SMILES string of the molecule is Nc1c(S(=O)(=O)O)cc(NC2CCC(Nc3nc(Cl)nc(Nc4cc(S(=O)(=O)O)ccc4S(=O)(=O)O)n3)CC2)c2c1C(=O)c1ccccc1C2=O.[K+].[Na+]. The molecule has 0 saturated heterocycles. The van der Waals surface area contributed by atoms with E-state index in [0.717, 1.165) is 24.3 Å². The van der Waals surface area contributed by atoms with E-state index in [4.69, 9.17) is 17.3 Å². The molecule has 2 aliphatic rings. The van der Waals surface area contributed by atoms with Crippen molar-refractivity contribution in [1.29, 1.82) is 0 Å². The molecule has 268 valence electrons. The summed E-state index contributed by atoms with van der Waals surface area (Å²) in [7, 11) is -14.5. The topological polar surface area (TPSA) is 298 Å². The summed E-state index contributed by atoms with van der Waals surface area (Å²) in [6.07, 6.45) is 1.82. The van der Waals surface area contributed by atoms with Crippen molar-refractivity contribution >= 4 is 82.5 Å². The average molecular weight is 842 g/mol. The number of hydrogen-bond acceptors (Lipinski definition) is 15.